The molecule has 1 saturated heterocycles. The van der Waals surface area contributed by atoms with Gasteiger partial charge in [0.25, 0.3) is 0 Å². The fourth-order valence-electron chi connectivity index (χ4n) is 1.65. The van der Waals surface area contributed by atoms with Gasteiger partial charge < -0.3 is 15.4 Å². The first-order valence-corrected chi connectivity index (χ1v) is 5.21. The first-order chi connectivity index (χ1) is 6.65. The van der Waals surface area contributed by atoms with E-state index in [2.05, 4.69) is 10.6 Å². The van der Waals surface area contributed by atoms with Crippen molar-refractivity contribution < 1.29 is 9.53 Å². The second kappa shape index (κ2) is 7.04. The molecule has 0 spiro atoms. The number of hydrogen-bond acceptors (Lipinski definition) is 3. The third kappa shape index (κ3) is 4.36. The monoisotopic (exact) mass is 236 g/mol. The summed E-state index contributed by atoms with van der Waals surface area (Å²) in [6.07, 6.45) is 1.08. The molecule has 1 fully saturated rings. The number of rotatable bonds is 4. The number of ether oxygens (including phenoxy) is 1. The highest BCUT2D eigenvalue weighted by molar-refractivity contribution is 5.85. The fourth-order valence-corrected chi connectivity index (χ4v) is 1.65. The van der Waals surface area contributed by atoms with Gasteiger partial charge in [-0.2, -0.15) is 0 Å². The fraction of sp³-hybridized carbons (Fsp3) is 0.900. The minimum absolute atomic E-state index is 0. The van der Waals surface area contributed by atoms with Crippen LogP contribution in [-0.4, -0.2) is 38.3 Å². The zero-order valence-electron chi connectivity index (χ0n) is 9.58. The van der Waals surface area contributed by atoms with Crippen molar-refractivity contribution in [2.24, 2.45) is 5.92 Å². The Kier molecular flexibility index (Phi) is 6.89. The van der Waals surface area contributed by atoms with E-state index in [1.165, 1.54) is 0 Å². The van der Waals surface area contributed by atoms with E-state index in [4.69, 9.17) is 4.74 Å². The molecule has 1 aliphatic rings. The summed E-state index contributed by atoms with van der Waals surface area (Å²) in [5, 5.41) is 6.00. The number of carbonyl (C=O) groups is 1. The van der Waals surface area contributed by atoms with Gasteiger partial charge in [-0.15, -0.1) is 12.4 Å². The highest BCUT2D eigenvalue weighted by atomic mass is 35.5. The van der Waals surface area contributed by atoms with Crippen molar-refractivity contribution in [2.45, 2.75) is 32.4 Å². The Morgan fingerprint density at radius 1 is 1.60 bits per heavy atom. The Morgan fingerprint density at radius 3 is 2.73 bits per heavy atom. The lowest BCUT2D eigenvalue weighted by Crippen LogP contribution is -2.43. The molecule has 0 aromatic rings. The molecule has 15 heavy (non-hydrogen) atoms. The molecule has 3 atom stereocenters. The molecule has 1 amide bonds. The van der Waals surface area contributed by atoms with Crippen LogP contribution in [0.5, 0.6) is 0 Å². The number of amides is 1. The molecular formula is C10H21ClN2O2. The maximum atomic E-state index is 11.6. The van der Waals surface area contributed by atoms with Crippen LogP contribution in [0.25, 0.3) is 0 Å². The van der Waals surface area contributed by atoms with E-state index in [9.17, 15) is 4.79 Å². The Bertz CT molecular complexity index is 202. The lowest BCUT2D eigenvalue weighted by atomic mass is 10.1. The summed E-state index contributed by atoms with van der Waals surface area (Å²) in [5.74, 6) is 0.134. The third-order valence-electron chi connectivity index (χ3n) is 2.66. The molecule has 1 aliphatic heterocycles. The number of halogens is 1. The Morgan fingerprint density at radius 2 is 2.27 bits per heavy atom. The summed E-state index contributed by atoms with van der Waals surface area (Å²) in [6, 6.07) is 0.196. The van der Waals surface area contributed by atoms with Crippen LogP contribution >= 0.6 is 12.4 Å². The average molecular weight is 237 g/mol. The van der Waals surface area contributed by atoms with Crippen LogP contribution in [0.15, 0.2) is 0 Å². The Hall–Kier alpha value is -0.320. The van der Waals surface area contributed by atoms with Gasteiger partial charge in [0.05, 0.1) is 12.1 Å². The van der Waals surface area contributed by atoms with Crippen molar-refractivity contribution in [1.29, 1.82) is 0 Å². The van der Waals surface area contributed by atoms with Crippen molar-refractivity contribution in [3.8, 4) is 0 Å². The maximum Gasteiger partial charge on any atom is 0.224 e. The molecule has 90 valence electrons. The molecule has 0 aromatic heterocycles. The molecule has 1 rings (SSSR count). The largest absolute Gasteiger partial charge is 0.376 e. The maximum absolute atomic E-state index is 11.6. The van der Waals surface area contributed by atoms with E-state index in [0.717, 1.165) is 13.0 Å². The summed E-state index contributed by atoms with van der Waals surface area (Å²) >= 11 is 0. The van der Waals surface area contributed by atoms with Gasteiger partial charge in [-0.1, -0.05) is 6.92 Å². The van der Waals surface area contributed by atoms with Gasteiger partial charge in [-0.3, -0.25) is 4.79 Å². The van der Waals surface area contributed by atoms with Gasteiger partial charge in [-0.25, -0.2) is 0 Å². The highest BCUT2D eigenvalue weighted by Gasteiger charge is 2.26. The van der Waals surface area contributed by atoms with Crippen LogP contribution in [0.1, 0.15) is 20.3 Å². The number of hydrogen-bond donors (Lipinski definition) is 2. The minimum atomic E-state index is 0. The van der Waals surface area contributed by atoms with Crippen molar-refractivity contribution in [1.82, 2.24) is 10.6 Å². The lowest BCUT2D eigenvalue weighted by molar-refractivity contribution is -0.125. The van der Waals surface area contributed by atoms with Crippen LogP contribution in [0.2, 0.25) is 0 Å². The van der Waals surface area contributed by atoms with E-state index in [1.807, 2.05) is 20.9 Å². The van der Waals surface area contributed by atoms with E-state index >= 15 is 0 Å². The van der Waals surface area contributed by atoms with Crippen molar-refractivity contribution in [2.75, 3.05) is 20.2 Å². The molecular weight excluding hydrogens is 216 g/mol. The quantitative estimate of drug-likeness (QED) is 0.750. The van der Waals surface area contributed by atoms with Crippen molar-refractivity contribution in [3.63, 3.8) is 0 Å². The summed E-state index contributed by atoms with van der Waals surface area (Å²) < 4.78 is 5.38. The van der Waals surface area contributed by atoms with E-state index in [-0.39, 0.29) is 36.4 Å². The molecule has 0 radical (unpaired) electrons. The summed E-state index contributed by atoms with van der Waals surface area (Å²) in [4.78, 5) is 11.6. The van der Waals surface area contributed by atoms with E-state index in [1.54, 1.807) is 0 Å². The first-order valence-electron chi connectivity index (χ1n) is 5.21. The standard InChI is InChI=1S/C10H20N2O2.ClH/c1-7(6-11-3)10(13)12-9-4-5-14-8(9)2;/h7-9,11H,4-6H2,1-3H3,(H,12,13);1H. The Labute approximate surface area is 97.5 Å². The zero-order chi connectivity index (χ0) is 10.6. The Balaban J connectivity index is 0.00000196. The van der Waals surface area contributed by atoms with Crippen LogP contribution in [0, 0.1) is 5.92 Å². The van der Waals surface area contributed by atoms with Gasteiger partial charge in [0.15, 0.2) is 0 Å². The zero-order valence-corrected chi connectivity index (χ0v) is 10.4. The third-order valence-corrected chi connectivity index (χ3v) is 2.66. The number of carbonyl (C=O) groups excluding carboxylic acids is 1. The molecule has 2 N–H and O–H groups in total. The van der Waals surface area contributed by atoms with Crippen LogP contribution in [0.4, 0.5) is 0 Å². The van der Waals surface area contributed by atoms with Crippen molar-refractivity contribution >= 4 is 18.3 Å². The first kappa shape index (κ1) is 14.7. The lowest BCUT2D eigenvalue weighted by Gasteiger charge is -2.18. The molecule has 0 saturated carbocycles. The normalized spacial score (nSPS) is 26.9. The SMILES string of the molecule is CNCC(C)C(=O)NC1CCOC1C.Cl. The van der Waals surface area contributed by atoms with Gasteiger partial charge in [0, 0.05) is 19.1 Å². The minimum Gasteiger partial charge on any atom is -0.376 e. The molecule has 0 aromatic carbocycles. The van der Waals surface area contributed by atoms with Gasteiger partial charge in [0.1, 0.15) is 0 Å². The molecule has 0 aliphatic carbocycles. The number of nitrogens with one attached hydrogen (secondary N) is 2. The molecule has 5 heteroatoms. The molecule has 1 heterocycles. The topological polar surface area (TPSA) is 50.4 Å². The second-order valence-electron chi connectivity index (χ2n) is 3.94. The molecule has 4 nitrogen and oxygen atoms in total. The molecule has 0 bridgehead atoms. The second-order valence-corrected chi connectivity index (χ2v) is 3.94. The van der Waals surface area contributed by atoms with E-state index < -0.39 is 0 Å². The van der Waals surface area contributed by atoms with E-state index in [0.29, 0.717) is 6.54 Å². The smallest absolute Gasteiger partial charge is 0.224 e. The predicted molar refractivity (Wildman–Crippen MR) is 62.3 cm³/mol. The van der Waals surface area contributed by atoms with Gasteiger partial charge in [-0.05, 0) is 20.4 Å². The van der Waals surface area contributed by atoms with Gasteiger partial charge in [0.2, 0.25) is 5.91 Å². The average Bonchev–Trinajstić information content (AvgIpc) is 2.52. The summed E-state index contributed by atoms with van der Waals surface area (Å²) in [7, 11) is 1.85. The van der Waals surface area contributed by atoms with Crippen LogP contribution < -0.4 is 10.6 Å². The summed E-state index contributed by atoms with van der Waals surface area (Å²) in [6.45, 7) is 5.40. The van der Waals surface area contributed by atoms with Gasteiger partial charge >= 0.3 is 0 Å². The highest BCUT2D eigenvalue weighted by Crippen LogP contribution is 2.12. The summed E-state index contributed by atoms with van der Waals surface area (Å²) in [5.41, 5.74) is 0. The van der Waals surface area contributed by atoms with Crippen LogP contribution in [-0.2, 0) is 9.53 Å². The predicted octanol–water partition coefficient (Wildman–Crippen LogP) is 0.557. The van der Waals surface area contributed by atoms with Crippen LogP contribution in [0.3, 0.4) is 0 Å². The molecule has 3 unspecified atom stereocenters. The van der Waals surface area contributed by atoms with Crippen molar-refractivity contribution in [3.05, 3.63) is 0 Å².